The lowest BCUT2D eigenvalue weighted by atomic mass is 10.1. The number of nitrogens with zero attached hydrogens (tertiary/aromatic N) is 3. The van der Waals surface area contributed by atoms with Gasteiger partial charge in [-0.15, -0.1) is 0 Å². The second-order valence-corrected chi connectivity index (χ2v) is 6.28. The molecule has 0 bridgehead atoms. The van der Waals surface area contributed by atoms with Crippen LogP contribution in [0.5, 0.6) is 17.2 Å². The molecule has 1 aromatic heterocycles. The Labute approximate surface area is 165 Å². The molecule has 3 aromatic rings. The van der Waals surface area contributed by atoms with Gasteiger partial charge in [-0.3, -0.25) is 0 Å². The highest BCUT2D eigenvalue weighted by atomic mass is 32.1. The Morgan fingerprint density at radius 2 is 1.71 bits per heavy atom. The summed E-state index contributed by atoms with van der Waals surface area (Å²) in [6, 6.07) is 10.6. The third kappa shape index (κ3) is 3.91. The van der Waals surface area contributed by atoms with Crippen LogP contribution < -0.4 is 25.3 Å². The molecule has 3 rings (SSSR count). The average Bonchev–Trinajstić information content (AvgIpc) is 3.21. The normalized spacial score (nSPS) is 11.2. The predicted molar refractivity (Wildman–Crippen MR) is 107 cm³/mol. The summed E-state index contributed by atoms with van der Waals surface area (Å²) in [6.45, 7) is 0. The van der Waals surface area contributed by atoms with E-state index in [4.69, 9.17) is 25.2 Å². The minimum Gasteiger partial charge on any atom is -0.493 e. The van der Waals surface area contributed by atoms with Gasteiger partial charge in [0.2, 0.25) is 10.9 Å². The van der Waals surface area contributed by atoms with Gasteiger partial charge in [-0.2, -0.15) is 9.36 Å². The molecule has 0 aliphatic rings. The minimum atomic E-state index is 0.0483. The number of hydrogen-bond donors (Lipinski definition) is 3. The van der Waals surface area contributed by atoms with Crippen molar-refractivity contribution in [1.29, 1.82) is 0 Å². The van der Waals surface area contributed by atoms with Gasteiger partial charge in [-0.05, 0) is 36.4 Å². The fourth-order valence-corrected chi connectivity index (χ4v) is 3.12. The summed E-state index contributed by atoms with van der Waals surface area (Å²) in [7, 11) is 4.66. The molecule has 28 heavy (non-hydrogen) atoms. The Kier molecular flexibility index (Phi) is 5.80. The molecule has 9 nitrogen and oxygen atoms in total. The first-order chi connectivity index (χ1) is 13.6. The zero-order chi connectivity index (χ0) is 20.1. The number of rotatable bonds is 7. The largest absolute Gasteiger partial charge is 0.493 e. The third-order valence-corrected chi connectivity index (χ3v) is 4.52. The summed E-state index contributed by atoms with van der Waals surface area (Å²) in [5.41, 5.74) is 7.71. The van der Waals surface area contributed by atoms with Crippen LogP contribution in [0.1, 0.15) is 5.56 Å². The molecule has 0 fully saturated rings. The highest BCUT2D eigenvalue weighted by Crippen LogP contribution is 2.41. The molecule has 0 radical (unpaired) electrons. The fourth-order valence-electron chi connectivity index (χ4n) is 2.51. The van der Waals surface area contributed by atoms with Crippen LogP contribution >= 0.6 is 11.5 Å². The van der Waals surface area contributed by atoms with E-state index in [-0.39, 0.29) is 5.84 Å². The van der Waals surface area contributed by atoms with Crippen molar-refractivity contribution in [2.45, 2.75) is 0 Å². The van der Waals surface area contributed by atoms with Crippen LogP contribution in [0.3, 0.4) is 0 Å². The van der Waals surface area contributed by atoms with Gasteiger partial charge in [0.05, 0.1) is 21.3 Å². The SMILES string of the molecule is COc1cc(-c2nsc(Nc3ccc(/C(N)=N\O)cc3)n2)cc(OC)c1OC. The lowest BCUT2D eigenvalue weighted by Crippen LogP contribution is -2.12. The van der Waals surface area contributed by atoms with Gasteiger partial charge in [0.1, 0.15) is 0 Å². The molecular formula is C18H19N5O4S. The fraction of sp³-hybridized carbons (Fsp3) is 0.167. The van der Waals surface area contributed by atoms with E-state index in [2.05, 4.69) is 19.8 Å². The van der Waals surface area contributed by atoms with Crippen molar-refractivity contribution in [3.63, 3.8) is 0 Å². The van der Waals surface area contributed by atoms with Crippen LogP contribution in [0.25, 0.3) is 11.4 Å². The molecule has 0 aliphatic heterocycles. The second kappa shape index (κ2) is 8.44. The summed E-state index contributed by atoms with van der Waals surface area (Å²) in [5.74, 6) is 2.14. The van der Waals surface area contributed by atoms with Gasteiger partial charge in [-0.1, -0.05) is 5.16 Å². The quantitative estimate of drug-likeness (QED) is 0.239. The molecule has 0 saturated carbocycles. The van der Waals surface area contributed by atoms with Gasteiger partial charge >= 0.3 is 0 Å². The maximum atomic E-state index is 8.72. The highest BCUT2D eigenvalue weighted by molar-refractivity contribution is 7.09. The molecule has 4 N–H and O–H groups in total. The topological polar surface area (TPSA) is 124 Å². The Hall–Kier alpha value is -3.53. The Morgan fingerprint density at radius 1 is 1.07 bits per heavy atom. The maximum Gasteiger partial charge on any atom is 0.207 e. The van der Waals surface area contributed by atoms with Crippen molar-refractivity contribution in [3.05, 3.63) is 42.0 Å². The number of aromatic nitrogens is 2. The van der Waals surface area contributed by atoms with Crippen molar-refractivity contribution >= 4 is 28.2 Å². The number of nitrogens with one attached hydrogen (secondary N) is 1. The van der Waals surface area contributed by atoms with Gasteiger partial charge in [0.15, 0.2) is 23.2 Å². The van der Waals surface area contributed by atoms with E-state index >= 15 is 0 Å². The third-order valence-electron chi connectivity index (χ3n) is 3.89. The molecule has 0 saturated heterocycles. The van der Waals surface area contributed by atoms with Gasteiger partial charge in [0, 0.05) is 28.3 Å². The zero-order valence-electron chi connectivity index (χ0n) is 15.5. The van der Waals surface area contributed by atoms with Crippen LogP contribution in [0.4, 0.5) is 10.8 Å². The van der Waals surface area contributed by atoms with E-state index < -0.39 is 0 Å². The van der Waals surface area contributed by atoms with Crippen molar-refractivity contribution in [1.82, 2.24) is 9.36 Å². The summed E-state index contributed by atoms with van der Waals surface area (Å²) < 4.78 is 20.5. The summed E-state index contributed by atoms with van der Waals surface area (Å²) >= 11 is 1.22. The second-order valence-electron chi connectivity index (χ2n) is 5.52. The van der Waals surface area contributed by atoms with Crippen molar-refractivity contribution in [3.8, 4) is 28.6 Å². The Morgan fingerprint density at radius 3 is 2.25 bits per heavy atom. The van der Waals surface area contributed by atoms with Crippen molar-refractivity contribution in [2.24, 2.45) is 10.9 Å². The molecule has 0 aliphatic carbocycles. The van der Waals surface area contributed by atoms with E-state index in [1.165, 1.54) is 11.5 Å². The molecule has 2 aromatic carbocycles. The first-order valence-electron chi connectivity index (χ1n) is 8.08. The molecule has 0 spiro atoms. The summed E-state index contributed by atoms with van der Waals surface area (Å²) in [5, 5.41) is 15.5. The number of anilines is 2. The van der Waals surface area contributed by atoms with E-state index in [0.717, 1.165) is 11.3 Å². The zero-order valence-corrected chi connectivity index (χ0v) is 16.3. The smallest absolute Gasteiger partial charge is 0.207 e. The molecule has 1 heterocycles. The number of methoxy groups -OCH3 is 3. The lowest BCUT2D eigenvalue weighted by molar-refractivity contribution is 0.318. The Balaban J connectivity index is 1.84. The predicted octanol–water partition coefficient (Wildman–Crippen LogP) is 3.07. The summed E-state index contributed by atoms with van der Waals surface area (Å²) in [4.78, 5) is 4.51. The molecule has 0 atom stereocenters. The van der Waals surface area contributed by atoms with Crippen LogP contribution in [-0.4, -0.2) is 41.7 Å². The number of ether oxygens (including phenoxy) is 3. The standard InChI is InChI=1S/C18H19N5O4S/c1-25-13-8-11(9-14(26-2)15(13)27-3)17-21-18(28-23-17)20-12-6-4-10(5-7-12)16(19)22-24/h4-9,24H,1-3H3,(H2,19,22)(H,20,21,23). The first-order valence-corrected chi connectivity index (χ1v) is 8.86. The summed E-state index contributed by atoms with van der Waals surface area (Å²) in [6.07, 6.45) is 0. The van der Waals surface area contributed by atoms with Crippen molar-refractivity contribution < 1.29 is 19.4 Å². The first kappa shape index (κ1) is 19.2. The molecule has 0 amide bonds. The molecular weight excluding hydrogens is 382 g/mol. The average molecular weight is 401 g/mol. The number of nitrogens with two attached hydrogens (primary N) is 1. The number of hydrogen-bond acceptors (Lipinski definition) is 9. The molecule has 0 unspecified atom stereocenters. The van der Waals surface area contributed by atoms with Gasteiger partial charge in [-0.25, -0.2) is 0 Å². The van der Waals surface area contributed by atoms with Gasteiger partial charge < -0.3 is 30.5 Å². The Bertz CT molecular complexity index is 963. The van der Waals surface area contributed by atoms with Gasteiger partial charge in [0.25, 0.3) is 0 Å². The lowest BCUT2D eigenvalue weighted by Gasteiger charge is -2.13. The van der Waals surface area contributed by atoms with Crippen LogP contribution in [0.2, 0.25) is 0 Å². The maximum absolute atomic E-state index is 8.72. The minimum absolute atomic E-state index is 0.0483. The monoisotopic (exact) mass is 401 g/mol. The number of amidine groups is 1. The van der Waals surface area contributed by atoms with Crippen LogP contribution in [-0.2, 0) is 0 Å². The van der Waals surface area contributed by atoms with E-state index in [0.29, 0.717) is 33.8 Å². The van der Waals surface area contributed by atoms with E-state index in [1.807, 2.05) is 0 Å². The molecule has 10 heteroatoms. The number of benzene rings is 2. The van der Waals surface area contributed by atoms with E-state index in [1.54, 1.807) is 57.7 Å². The van der Waals surface area contributed by atoms with Crippen LogP contribution in [0.15, 0.2) is 41.6 Å². The molecule has 146 valence electrons. The number of oxime groups is 1. The van der Waals surface area contributed by atoms with E-state index in [9.17, 15) is 0 Å². The highest BCUT2D eigenvalue weighted by Gasteiger charge is 2.16. The van der Waals surface area contributed by atoms with Crippen LogP contribution in [0, 0.1) is 0 Å². The van der Waals surface area contributed by atoms with Crippen molar-refractivity contribution in [2.75, 3.05) is 26.6 Å².